The molecule has 0 aliphatic carbocycles. The van der Waals surface area contributed by atoms with Crippen LogP contribution in [-0.2, 0) is 9.59 Å². The summed E-state index contributed by atoms with van der Waals surface area (Å²) in [5.74, 6) is -0.803. The Kier molecular flexibility index (Phi) is 6.54. The fraction of sp³-hybridized carbons (Fsp3) is 0.318. The molecule has 1 aliphatic rings. The second kappa shape index (κ2) is 9.09. The van der Waals surface area contributed by atoms with Crippen molar-refractivity contribution in [2.75, 3.05) is 23.3 Å². The van der Waals surface area contributed by atoms with Crippen LogP contribution in [0.1, 0.15) is 30.6 Å². The van der Waals surface area contributed by atoms with E-state index in [0.717, 1.165) is 0 Å². The average molecular weight is 414 g/mol. The number of rotatable bonds is 6. The maximum absolute atomic E-state index is 12.8. The first-order valence-electron chi connectivity index (χ1n) is 9.59. The molecular weight excluding hydrogens is 390 g/mol. The predicted octanol–water partition coefficient (Wildman–Crippen LogP) is 3.72. The van der Waals surface area contributed by atoms with Gasteiger partial charge in [0.1, 0.15) is 0 Å². The predicted molar refractivity (Wildman–Crippen MR) is 114 cm³/mol. The van der Waals surface area contributed by atoms with E-state index in [-0.39, 0.29) is 30.7 Å². The Bertz CT molecular complexity index is 912. The van der Waals surface area contributed by atoms with Crippen LogP contribution in [0.2, 0.25) is 5.02 Å². The highest BCUT2D eigenvalue weighted by Gasteiger charge is 2.35. The summed E-state index contributed by atoms with van der Waals surface area (Å²) >= 11 is 5.90. The Morgan fingerprint density at radius 3 is 2.52 bits per heavy atom. The first kappa shape index (κ1) is 20.9. The Balaban J connectivity index is 1.69. The van der Waals surface area contributed by atoms with Crippen molar-refractivity contribution in [3.8, 4) is 0 Å². The van der Waals surface area contributed by atoms with Crippen LogP contribution < -0.4 is 15.5 Å². The molecule has 0 unspecified atom stereocenters. The third kappa shape index (κ3) is 5.15. The minimum Gasteiger partial charge on any atom is -0.352 e. The lowest BCUT2D eigenvalue weighted by Gasteiger charge is -2.17. The number of nitrogens with zero attached hydrogens (tertiary/aromatic N) is 1. The molecule has 3 rings (SSSR count). The van der Waals surface area contributed by atoms with Gasteiger partial charge in [0.05, 0.1) is 17.2 Å². The molecule has 2 aromatic rings. The van der Waals surface area contributed by atoms with Crippen LogP contribution >= 0.6 is 11.6 Å². The fourth-order valence-corrected chi connectivity index (χ4v) is 3.30. The largest absolute Gasteiger partial charge is 0.352 e. The van der Waals surface area contributed by atoms with Crippen LogP contribution in [0.5, 0.6) is 0 Å². The molecule has 7 heteroatoms. The summed E-state index contributed by atoms with van der Waals surface area (Å²) in [6.07, 6.45) is 0.121. The molecule has 1 aliphatic heterocycles. The molecule has 29 heavy (non-hydrogen) atoms. The Morgan fingerprint density at radius 2 is 1.83 bits per heavy atom. The molecule has 2 aromatic carbocycles. The Labute approximate surface area is 175 Å². The van der Waals surface area contributed by atoms with Crippen LogP contribution in [0, 0.1) is 11.8 Å². The zero-order valence-electron chi connectivity index (χ0n) is 16.4. The molecule has 0 aromatic heterocycles. The standard InChI is InChI=1S/C22H24ClN3O3/c1-14(2)12-24-22(29)18-5-3-4-6-19(18)25-21(28)15-11-20(27)26(13-15)17-9-7-16(23)8-10-17/h3-10,14-15H,11-13H2,1-2H3,(H,24,29)(H,25,28)/t15-/m1/s1. The molecule has 0 spiro atoms. The van der Waals surface area contributed by atoms with Gasteiger partial charge in [0.2, 0.25) is 11.8 Å². The SMILES string of the molecule is CC(C)CNC(=O)c1ccccc1NC(=O)[C@@H]1CC(=O)N(c2ccc(Cl)cc2)C1. The van der Waals surface area contributed by atoms with Crippen molar-refractivity contribution in [3.63, 3.8) is 0 Å². The second-order valence-corrected chi connectivity index (χ2v) is 7.96. The number of carbonyl (C=O) groups excluding carboxylic acids is 3. The summed E-state index contributed by atoms with van der Waals surface area (Å²) in [7, 11) is 0. The Hall–Kier alpha value is -2.86. The molecule has 0 radical (unpaired) electrons. The van der Waals surface area contributed by atoms with Gasteiger partial charge in [0.25, 0.3) is 5.91 Å². The van der Waals surface area contributed by atoms with Crippen LogP contribution in [0.15, 0.2) is 48.5 Å². The first-order valence-corrected chi connectivity index (χ1v) is 9.97. The topological polar surface area (TPSA) is 78.5 Å². The van der Waals surface area contributed by atoms with E-state index in [9.17, 15) is 14.4 Å². The van der Waals surface area contributed by atoms with Gasteiger partial charge in [-0.2, -0.15) is 0 Å². The number of anilines is 2. The highest BCUT2D eigenvalue weighted by Crippen LogP contribution is 2.27. The van der Waals surface area contributed by atoms with Crippen molar-refractivity contribution in [2.45, 2.75) is 20.3 Å². The first-order chi connectivity index (χ1) is 13.8. The van der Waals surface area contributed by atoms with Crippen molar-refractivity contribution in [3.05, 3.63) is 59.1 Å². The zero-order valence-corrected chi connectivity index (χ0v) is 17.2. The van der Waals surface area contributed by atoms with Gasteiger partial charge in [0.15, 0.2) is 0 Å². The van der Waals surface area contributed by atoms with Crippen molar-refractivity contribution in [1.29, 1.82) is 0 Å². The number of para-hydroxylation sites is 1. The lowest BCUT2D eigenvalue weighted by molar-refractivity contribution is -0.122. The maximum atomic E-state index is 12.8. The summed E-state index contributed by atoms with van der Waals surface area (Å²) < 4.78 is 0. The molecule has 1 saturated heterocycles. The minimum absolute atomic E-state index is 0.115. The molecule has 0 bridgehead atoms. The van der Waals surface area contributed by atoms with Gasteiger partial charge in [-0.25, -0.2) is 0 Å². The number of nitrogens with one attached hydrogen (secondary N) is 2. The summed E-state index contributed by atoms with van der Waals surface area (Å²) in [6, 6.07) is 13.8. The van der Waals surface area contributed by atoms with E-state index in [1.807, 2.05) is 13.8 Å². The number of carbonyl (C=O) groups is 3. The summed E-state index contributed by atoms with van der Waals surface area (Å²) in [5.41, 5.74) is 1.56. The molecule has 0 saturated carbocycles. The van der Waals surface area contributed by atoms with Gasteiger partial charge in [-0.15, -0.1) is 0 Å². The highest BCUT2D eigenvalue weighted by atomic mass is 35.5. The Morgan fingerprint density at radius 1 is 1.14 bits per heavy atom. The summed E-state index contributed by atoms with van der Waals surface area (Å²) in [6.45, 7) is 4.86. The monoisotopic (exact) mass is 413 g/mol. The van der Waals surface area contributed by atoms with E-state index in [1.54, 1.807) is 53.4 Å². The van der Waals surface area contributed by atoms with Crippen LogP contribution in [0.4, 0.5) is 11.4 Å². The van der Waals surface area contributed by atoms with Gasteiger partial charge in [-0.1, -0.05) is 37.6 Å². The third-order valence-corrected chi connectivity index (χ3v) is 4.99. The number of hydrogen-bond acceptors (Lipinski definition) is 3. The number of benzene rings is 2. The van der Waals surface area contributed by atoms with Gasteiger partial charge in [0, 0.05) is 30.2 Å². The van der Waals surface area contributed by atoms with E-state index in [2.05, 4.69) is 10.6 Å². The lowest BCUT2D eigenvalue weighted by atomic mass is 10.1. The fourth-order valence-electron chi connectivity index (χ4n) is 3.17. The maximum Gasteiger partial charge on any atom is 0.253 e. The molecule has 1 heterocycles. The van der Waals surface area contributed by atoms with Crippen LogP contribution in [0.3, 0.4) is 0 Å². The van der Waals surface area contributed by atoms with Crippen molar-refractivity contribution >= 4 is 40.7 Å². The van der Waals surface area contributed by atoms with Crippen molar-refractivity contribution in [2.24, 2.45) is 11.8 Å². The third-order valence-electron chi connectivity index (χ3n) is 4.73. The average Bonchev–Trinajstić information content (AvgIpc) is 3.09. The molecule has 1 atom stereocenters. The number of hydrogen-bond donors (Lipinski definition) is 2. The van der Waals surface area contributed by atoms with Gasteiger partial charge < -0.3 is 15.5 Å². The van der Waals surface area contributed by atoms with Gasteiger partial charge >= 0.3 is 0 Å². The van der Waals surface area contributed by atoms with E-state index < -0.39 is 5.92 Å². The quantitative estimate of drug-likeness (QED) is 0.757. The smallest absolute Gasteiger partial charge is 0.253 e. The van der Waals surface area contributed by atoms with Gasteiger partial charge in [-0.3, -0.25) is 14.4 Å². The van der Waals surface area contributed by atoms with Crippen LogP contribution in [-0.4, -0.2) is 30.8 Å². The normalized spacial score (nSPS) is 16.2. The molecule has 152 valence electrons. The zero-order chi connectivity index (χ0) is 21.0. The lowest BCUT2D eigenvalue weighted by Crippen LogP contribution is -2.30. The number of amides is 3. The summed E-state index contributed by atoms with van der Waals surface area (Å²) in [4.78, 5) is 39.2. The van der Waals surface area contributed by atoms with Crippen molar-refractivity contribution < 1.29 is 14.4 Å². The van der Waals surface area contributed by atoms with Crippen LogP contribution in [0.25, 0.3) is 0 Å². The molecule has 3 amide bonds. The van der Waals surface area contributed by atoms with E-state index in [1.165, 1.54) is 0 Å². The highest BCUT2D eigenvalue weighted by molar-refractivity contribution is 6.30. The molecular formula is C22H24ClN3O3. The minimum atomic E-state index is -0.495. The van der Waals surface area contributed by atoms with Gasteiger partial charge in [-0.05, 0) is 42.3 Å². The molecule has 2 N–H and O–H groups in total. The molecule has 6 nitrogen and oxygen atoms in total. The van der Waals surface area contributed by atoms with E-state index in [4.69, 9.17) is 11.6 Å². The number of halogens is 1. The summed E-state index contributed by atoms with van der Waals surface area (Å²) in [5, 5.41) is 6.27. The van der Waals surface area contributed by atoms with E-state index >= 15 is 0 Å². The second-order valence-electron chi connectivity index (χ2n) is 7.52. The molecule has 1 fully saturated rings. The van der Waals surface area contributed by atoms with Crippen molar-refractivity contribution in [1.82, 2.24) is 5.32 Å². The van der Waals surface area contributed by atoms with E-state index in [0.29, 0.717) is 34.4 Å².